The lowest BCUT2D eigenvalue weighted by Gasteiger charge is -2.07. The molecule has 0 aliphatic carbocycles. The van der Waals surface area contributed by atoms with Crippen molar-refractivity contribution in [3.05, 3.63) is 82.9 Å². The molecule has 6 aromatic rings. The van der Waals surface area contributed by atoms with Crippen LogP contribution in [-0.4, -0.2) is 75.6 Å². The van der Waals surface area contributed by atoms with Crippen LogP contribution in [0.3, 0.4) is 0 Å². The fourth-order valence-electron chi connectivity index (χ4n) is 4.26. The summed E-state index contributed by atoms with van der Waals surface area (Å²) in [7, 11) is 0. The number of aromatic nitrogens is 8. The maximum absolute atomic E-state index is 8.89. The molecule has 4 heterocycles. The van der Waals surface area contributed by atoms with Crippen molar-refractivity contribution in [2.45, 2.75) is 13.1 Å². The lowest BCUT2D eigenvalue weighted by atomic mass is 10.2. The van der Waals surface area contributed by atoms with Crippen LogP contribution in [0.15, 0.2) is 71.7 Å². The third kappa shape index (κ3) is 7.14. The van der Waals surface area contributed by atoms with Crippen LogP contribution < -0.4 is 22.1 Å². The van der Waals surface area contributed by atoms with Gasteiger partial charge in [-0.2, -0.15) is 19.9 Å². The molecule has 0 spiro atoms. The summed E-state index contributed by atoms with van der Waals surface area (Å²) in [5, 5.41) is 23.6. The van der Waals surface area contributed by atoms with E-state index in [1.807, 2.05) is 69.8 Å². The summed E-state index contributed by atoms with van der Waals surface area (Å²) in [6, 6.07) is 20.1. The second-order valence-corrected chi connectivity index (χ2v) is 10.0. The average molecular weight is 648 g/mol. The zero-order valence-electron chi connectivity index (χ0n) is 23.1. The van der Waals surface area contributed by atoms with Crippen LogP contribution in [0.25, 0.3) is 22.3 Å². The van der Waals surface area contributed by atoms with E-state index in [0.29, 0.717) is 76.8 Å². The van der Waals surface area contributed by atoms with Gasteiger partial charge in [-0.3, -0.25) is 4.57 Å². The highest BCUT2D eigenvalue weighted by Gasteiger charge is 2.16. The molecule has 0 aliphatic heterocycles. The minimum atomic E-state index is -0.00568. The molecular weight excluding hydrogens is 616 g/mol. The van der Waals surface area contributed by atoms with Gasteiger partial charge in [0.1, 0.15) is 5.52 Å². The molecule has 0 radical (unpaired) electrons. The smallest absolute Gasteiger partial charge is 0.226 e. The van der Waals surface area contributed by atoms with Crippen molar-refractivity contribution in [3.63, 3.8) is 0 Å². The van der Waals surface area contributed by atoms with Crippen molar-refractivity contribution < 1.29 is 10.2 Å². The van der Waals surface area contributed by atoms with Gasteiger partial charge in [-0.15, -0.1) is 0 Å². The molecule has 0 bridgehead atoms. The Bertz CT molecular complexity index is 1790. The number of nitrogens with zero attached hydrogens (tertiary/aromatic N) is 8. The fourth-order valence-corrected chi connectivity index (χ4v) is 4.73. The van der Waals surface area contributed by atoms with Gasteiger partial charge in [0.15, 0.2) is 33.2 Å². The quantitative estimate of drug-likeness (QED) is 0.119. The van der Waals surface area contributed by atoms with Gasteiger partial charge in [-0.05, 0) is 27.1 Å². The minimum absolute atomic E-state index is 0.00454. The molecule has 14 nitrogen and oxygen atoms in total. The highest BCUT2D eigenvalue weighted by Crippen LogP contribution is 2.25. The van der Waals surface area contributed by atoms with Crippen LogP contribution in [0.5, 0.6) is 0 Å². The number of nitrogen functional groups attached to an aromatic ring is 2. The minimum Gasteiger partial charge on any atom is -0.395 e. The van der Waals surface area contributed by atoms with E-state index < -0.39 is 0 Å². The van der Waals surface area contributed by atoms with Gasteiger partial charge >= 0.3 is 0 Å². The van der Waals surface area contributed by atoms with E-state index in [1.165, 1.54) is 0 Å². The number of imidazole rings is 2. The molecular formula is C28H31BrN12O2. The number of benzene rings is 2. The average Bonchev–Trinajstić information content (AvgIpc) is 3.57. The first-order valence-corrected chi connectivity index (χ1v) is 14.2. The van der Waals surface area contributed by atoms with Crippen molar-refractivity contribution in [1.82, 2.24) is 39.0 Å². The largest absolute Gasteiger partial charge is 0.395 e. The molecule has 0 unspecified atom stereocenters. The van der Waals surface area contributed by atoms with Crippen molar-refractivity contribution >= 4 is 61.8 Å². The lowest BCUT2D eigenvalue weighted by molar-refractivity contribution is 0.310. The molecule has 0 saturated heterocycles. The number of anilines is 4. The number of aliphatic hydroxyl groups is 2. The second kappa shape index (κ2) is 13.9. The maximum Gasteiger partial charge on any atom is 0.226 e. The van der Waals surface area contributed by atoms with E-state index in [4.69, 9.17) is 21.7 Å². The highest BCUT2D eigenvalue weighted by atomic mass is 79.9. The first-order valence-electron chi connectivity index (χ1n) is 13.4. The molecule has 8 N–H and O–H groups in total. The molecule has 6 rings (SSSR count). The van der Waals surface area contributed by atoms with Gasteiger partial charge in [-0.25, -0.2) is 9.97 Å². The van der Waals surface area contributed by atoms with Gasteiger partial charge in [0.25, 0.3) is 0 Å². The Morgan fingerprint density at radius 3 is 1.79 bits per heavy atom. The zero-order valence-corrected chi connectivity index (χ0v) is 24.7. The Labute approximate surface area is 255 Å². The Kier molecular flexibility index (Phi) is 9.56. The standard InChI is InChI=1S/C14H15BrN6O.C14H16N6O/c15-13-18-10-11(16)19-14(17-6-7-22)20-12(10)21(13)8-9-4-2-1-3-5-9;15-12-11-13(19-14(18-12)16-6-7-21)20(9-17-11)8-10-4-2-1-3-5-10/h1-5,22H,6-8H2,(H3,16,17,19,20);1-5,9,21H,6-8H2,(H3,15,16,18,19). The molecule has 0 atom stereocenters. The summed E-state index contributed by atoms with van der Waals surface area (Å²) < 4.78 is 4.49. The van der Waals surface area contributed by atoms with Crippen LogP contribution in [0.4, 0.5) is 23.5 Å². The Hall–Kier alpha value is -4.86. The summed E-state index contributed by atoms with van der Waals surface area (Å²) in [5.74, 6) is 1.40. The molecule has 2 aromatic carbocycles. The summed E-state index contributed by atoms with van der Waals surface area (Å²) >= 11 is 3.45. The zero-order chi connectivity index (χ0) is 30.2. The summed E-state index contributed by atoms with van der Waals surface area (Å²) in [6.07, 6.45) is 1.71. The number of hydrogen-bond acceptors (Lipinski definition) is 12. The predicted octanol–water partition coefficient (Wildman–Crippen LogP) is 2.48. The normalized spacial score (nSPS) is 11.0. The molecule has 222 valence electrons. The number of nitrogens with one attached hydrogen (secondary N) is 2. The summed E-state index contributed by atoms with van der Waals surface area (Å²) in [6.45, 7) is 2.01. The van der Waals surface area contributed by atoms with Crippen LogP contribution in [0.1, 0.15) is 11.1 Å². The first kappa shape index (κ1) is 29.6. The van der Waals surface area contributed by atoms with Crippen molar-refractivity contribution in [2.75, 3.05) is 48.4 Å². The van der Waals surface area contributed by atoms with E-state index in [-0.39, 0.29) is 13.2 Å². The number of nitrogens with two attached hydrogens (primary N) is 2. The van der Waals surface area contributed by atoms with Gasteiger partial charge in [0, 0.05) is 13.1 Å². The molecule has 15 heteroatoms. The first-order chi connectivity index (χ1) is 21.0. The van der Waals surface area contributed by atoms with E-state index >= 15 is 0 Å². The van der Waals surface area contributed by atoms with Gasteiger partial charge in [-0.1, -0.05) is 60.7 Å². The van der Waals surface area contributed by atoms with Crippen molar-refractivity contribution in [3.8, 4) is 0 Å². The molecule has 0 aliphatic rings. The van der Waals surface area contributed by atoms with Gasteiger partial charge < -0.3 is 36.9 Å². The summed E-state index contributed by atoms with van der Waals surface area (Å²) in [4.78, 5) is 25.8. The van der Waals surface area contributed by atoms with E-state index in [1.54, 1.807) is 6.33 Å². The molecule has 0 fully saturated rings. The third-order valence-electron chi connectivity index (χ3n) is 6.23. The van der Waals surface area contributed by atoms with E-state index in [0.717, 1.165) is 11.1 Å². The number of hydrogen-bond donors (Lipinski definition) is 6. The third-order valence-corrected chi connectivity index (χ3v) is 6.84. The Morgan fingerprint density at radius 2 is 1.21 bits per heavy atom. The number of fused-ring (bicyclic) bond motifs is 2. The SMILES string of the molecule is Nc1nc(NCCO)nc2c1nc(Br)n2Cc1ccccc1.Nc1nc(NCCO)nc2c1ncn2Cc1ccccc1. The number of halogens is 1. The number of rotatable bonds is 10. The molecule has 4 aromatic heterocycles. The fraction of sp³-hybridized carbons (Fsp3) is 0.214. The van der Waals surface area contributed by atoms with Gasteiger partial charge in [0.2, 0.25) is 11.9 Å². The summed E-state index contributed by atoms with van der Waals surface area (Å²) in [5.41, 5.74) is 16.6. The van der Waals surface area contributed by atoms with Crippen LogP contribution in [0, 0.1) is 0 Å². The predicted molar refractivity (Wildman–Crippen MR) is 169 cm³/mol. The molecule has 43 heavy (non-hydrogen) atoms. The molecule has 0 amide bonds. The Balaban J connectivity index is 0.000000171. The second-order valence-electron chi connectivity index (χ2n) is 9.32. The van der Waals surface area contributed by atoms with Crippen molar-refractivity contribution in [1.29, 1.82) is 0 Å². The van der Waals surface area contributed by atoms with Gasteiger partial charge in [0.05, 0.1) is 32.6 Å². The monoisotopic (exact) mass is 646 g/mol. The maximum atomic E-state index is 8.89. The molecule has 0 saturated carbocycles. The van der Waals surface area contributed by atoms with Crippen molar-refractivity contribution in [2.24, 2.45) is 0 Å². The highest BCUT2D eigenvalue weighted by molar-refractivity contribution is 9.10. The van der Waals surface area contributed by atoms with Crippen LogP contribution in [0.2, 0.25) is 0 Å². The van der Waals surface area contributed by atoms with Crippen LogP contribution in [-0.2, 0) is 13.1 Å². The van der Waals surface area contributed by atoms with E-state index in [9.17, 15) is 0 Å². The lowest BCUT2D eigenvalue weighted by Crippen LogP contribution is -2.11. The topological polar surface area (TPSA) is 204 Å². The van der Waals surface area contributed by atoms with Crippen LogP contribution >= 0.6 is 15.9 Å². The Morgan fingerprint density at radius 1 is 0.674 bits per heavy atom. The number of aliphatic hydroxyl groups excluding tert-OH is 2. The van der Waals surface area contributed by atoms with E-state index in [2.05, 4.69) is 56.5 Å².